The molecule has 0 aliphatic carbocycles. The molecule has 0 amide bonds. The van der Waals surface area contributed by atoms with Gasteiger partial charge in [-0.1, -0.05) is 30.3 Å². The Kier molecular flexibility index (Phi) is 14.8. The Morgan fingerprint density at radius 3 is 1.26 bits per heavy atom. The van der Waals surface area contributed by atoms with Crippen molar-refractivity contribution in [3.8, 4) is 33.8 Å². The average Bonchev–Trinajstić information content (AvgIpc) is 3.99. The lowest BCUT2D eigenvalue weighted by atomic mass is 10.1. The summed E-state index contributed by atoms with van der Waals surface area (Å²) in [5, 5.41) is 1.13. The van der Waals surface area contributed by atoms with E-state index in [2.05, 4.69) is 75.7 Å². The number of aromatic amines is 1. The van der Waals surface area contributed by atoms with E-state index in [-0.39, 0.29) is 22.7 Å². The minimum atomic E-state index is -4.39. The fourth-order valence-corrected chi connectivity index (χ4v) is 9.68. The van der Waals surface area contributed by atoms with Crippen LogP contribution in [0.25, 0.3) is 78.2 Å². The first-order valence-electron chi connectivity index (χ1n) is 25.1. The first-order valence-corrected chi connectivity index (χ1v) is 26.9. The fraction of sp³-hybridized carbons (Fsp3) is 0.269. The van der Waals surface area contributed by atoms with Crippen molar-refractivity contribution >= 4 is 89.5 Å². The van der Waals surface area contributed by atoms with Crippen molar-refractivity contribution in [1.82, 2.24) is 64.8 Å². The summed E-state index contributed by atoms with van der Waals surface area (Å²) in [5.41, 5.74) is 24.9. The van der Waals surface area contributed by atoms with Gasteiger partial charge in [0.25, 0.3) is 0 Å². The highest BCUT2D eigenvalue weighted by atomic mass is 32.2. The van der Waals surface area contributed by atoms with Gasteiger partial charge in [0, 0.05) is 79.3 Å². The minimum Gasteiger partial charge on any atom is -0.378 e. The predicted molar refractivity (Wildman–Crippen MR) is 294 cm³/mol. The van der Waals surface area contributed by atoms with Crippen LogP contribution in [-0.4, -0.2) is 158 Å². The molecule has 10 heterocycles. The summed E-state index contributed by atoms with van der Waals surface area (Å²) < 4.78 is 77.7. The number of alkyl halides is 3. The van der Waals surface area contributed by atoms with Gasteiger partial charge in [-0.15, -0.1) is 0 Å². The van der Waals surface area contributed by atoms with Crippen molar-refractivity contribution in [2.45, 2.75) is 11.1 Å². The molecule has 0 spiro atoms. The average molecular weight is 1110 g/mol. The van der Waals surface area contributed by atoms with Crippen LogP contribution in [0.2, 0.25) is 0 Å². The summed E-state index contributed by atoms with van der Waals surface area (Å²) in [6.45, 7) is 7.72. The second-order valence-electron chi connectivity index (χ2n) is 18.4. The Labute approximate surface area is 453 Å². The number of fused-ring (bicyclic) bond motifs is 4. The minimum absolute atomic E-state index is 0.0839. The Morgan fingerprint density at radius 2 is 0.875 bits per heavy atom. The van der Waals surface area contributed by atoms with Gasteiger partial charge in [-0.25, -0.2) is 38.3 Å². The third kappa shape index (κ3) is 11.7. The second-order valence-corrected chi connectivity index (χ2v) is 20.5. The highest BCUT2D eigenvalue weighted by molar-refractivity contribution is 7.90. The summed E-state index contributed by atoms with van der Waals surface area (Å²) in [5.74, 6) is 2.32. The molecule has 13 rings (SSSR count). The summed E-state index contributed by atoms with van der Waals surface area (Å²) in [7, 11) is -3.25. The van der Waals surface area contributed by atoms with Crippen LogP contribution in [0.3, 0.4) is 0 Å². The number of benzene rings is 3. The molecule has 0 saturated carbocycles. The summed E-state index contributed by atoms with van der Waals surface area (Å²) in [4.78, 5) is 62.4. The van der Waals surface area contributed by atoms with Crippen LogP contribution in [0.4, 0.5) is 48.5 Å². The lowest BCUT2D eigenvalue weighted by molar-refractivity contribution is -0.137. The van der Waals surface area contributed by atoms with Gasteiger partial charge in [0.2, 0.25) is 17.8 Å². The van der Waals surface area contributed by atoms with Gasteiger partial charge in [0.15, 0.2) is 60.8 Å². The highest BCUT2D eigenvalue weighted by Gasteiger charge is 2.30. The SMILES string of the molecule is CS(=O)(=O)c1ccc(-c2cnc3nc(N)nc(N4CCOCC4)c3n2)cc1.Nc1nc(N2CCOCC2)c2nc(-c3ccc(C(F)(F)F)cc3)cnc2n1.Nc1nc(N2CCOCC2)c2nc(-c3ccc4[nH]ccc4c3)cnc2n1. The van der Waals surface area contributed by atoms with Crippen LogP contribution in [0.5, 0.6) is 0 Å². The number of nitrogen functional groups attached to an aromatic ring is 3. The van der Waals surface area contributed by atoms with Gasteiger partial charge >= 0.3 is 6.18 Å². The van der Waals surface area contributed by atoms with Crippen molar-refractivity contribution in [3.05, 3.63) is 103 Å². The van der Waals surface area contributed by atoms with E-state index in [1.54, 1.807) is 36.7 Å². The van der Waals surface area contributed by atoms with E-state index in [1.165, 1.54) is 24.6 Å². The maximum Gasteiger partial charge on any atom is 0.416 e. The number of hydrogen-bond acceptors (Lipinski definition) is 23. The van der Waals surface area contributed by atoms with Gasteiger partial charge in [-0.2, -0.15) is 43.1 Å². The zero-order chi connectivity index (χ0) is 55.5. The molecule has 80 heavy (non-hydrogen) atoms. The lowest BCUT2D eigenvalue weighted by Gasteiger charge is -2.28. The molecule has 10 aromatic rings. The number of anilines is 6. The molecule has 28 heteroatoms. The monoisotopic (exact) mass is 1110 g/mol. The van der Waals surface area contributed by atoms with Gasteiger partial charge < -0.3 is 51.1 Å². The molecular formula is C52H50F3N19O5S. The second kappa shape index (κ2) is 22.3. The topological polar surface area (TPSA) is 320 Å². The number of rotatable bonds is 7. The van der Waals surface area contributed by atoms with Crippen molar-refractivity contribution in [2.75, 3.05) is 117 Å². The fourth-order valence-electron chi connectivity index (χ4n) is 9.05. The third-order valence-corrected chi connectivity index (χ3v) is 14.2. The molecule has 0 radical (unpaired) electrons. The molecule has 3 aromatic carbocycles. The van der Waals surface area contributed by atoms with Crippen LogP contribution in [0.15, 0.2) is 102 Å². The molecule has 7 N–H and O–H groups in total. The zero-order valence-electron chi connectivity index (χ0n) is 42.7. The molecule has 3 saturated heterocycles. The quantitative estimate of drug-likeness (QED) is 0.155. The highest BCUT2D eigenvalue weighted by Crippen LogP contribution is 2.33. The third-order valence-electron chi connectivity index (χ3n) is 13.1. The number of sulfone groups is 1. The van der Waals surface area contributed by atoms with Gasteiger partial charge in [-0.3, -0.25) is 0 Å². The Bertz CT molecular complexity index is 3990. The molecule has 3 aliphatic rings. The van der Waals surface area contributed by atoms with Gasteiger partial charge in [0.05, 0.1) is 85.8 Å². The van der Waals surface area contributed by atoms with Crippen LogP contribution in [0, 0.1) is 0 Å². The number of nitrogens with one attached hydrogen (secondary N) is 1. The predicted octanol–water partition coefficient (Wildman–Crippen LogP) is 5.42. The molecule has 0 bridgehead atoms. The van der Waals surface area contributed by atoms with E-state index in [4.69, 9.17) is 36.4 Å². The van der Waals surface area contributed by atoms with Crippen molar-refractivity contribution in [3.63, 3.8) is 0 Å². The summed E-state index contributed by atoms with van der Waals surface area (Å²) in [6, 6.07) is 19.5. The number of aromatic nitrogens is 13. The Balaban J connectivity index is 0.000000127. The summed E-state index contributed by atoms with van der Waals surface area (Å²) in [6.07, 6.45) is 3.49. The van der Waals surface area contributed by atoms with Gasteiger partial charge in [-0.05, 0) is 42.5 Å². The number of morpholine rings is 3. The van der Waals surface area contributed by atoms with E-state index in [0.717, 1.165) is 52.9 Å². The maximum absolute atomic E-state index is 12.8. The summed E-state index contributed by atoms with van der Waals surface area (Å²) >= 11 is 0. The number of H-pyrrole nitrogens is 1. The van der Waals surface area contributed by atoms with Crippen molar-refractivity contribution < 1.29 is 35.8 Å². The molecule has 3 aliphatic heterocycles. The van der Waals surface area contributed by atoms with Crippen molar-refractivity contribution in [2.24, 2.45) is 0 Å². The Morgan fingerprint density at radius 1 is 0.500 bits per heavy atom. The first-order chi connectivity index (χ1) is 38.6. The molecule has 0 atom stereocenters. The standard InChI is InChI=1S/C18H17N7O.C17H15F3N6O.C17H18N6O3S/c19-18-23-16-15(17(24-18)25-5-7-26-8-6-25)22-14(10-21-16)11-1-2-13-12(9-11)3-4-20-13;18-17(19,20)11-3-1-10(2-4-11)12-9-22-14-13(23-12)15(25-16(21)24-14)26-5-7-27-8-6-26;1-27(24,25)12-4-2-11(3-5-12)13-10-19-15-14(20-13)16(22-17(18)21-15)23-6-8-26-9-7-23/h1-4,9-10,20H,5-8H2,(H2,19,21,23,24);1-4,9H,5-8H2,(H2,21,22,24,25);2-5,10H,6-9H2,1H3,(H2,18,19,21,22). The van der Waals surface area contributed by atoms with E-state index in [9.17, 15) is 21.6 Å². The van der Waals surface area contributed by atoms with E-state index < -0.39 is 21.6 Å². The number of nitrogens with zero attached hydrogens (tertiary/aromatic N) is 15. The van der Waals surface area contributed by atoms with E-state index >= 15 is 0 Å². The lowest BCUT2D eigenvalue weighted by Crippen LogP contribution is -2.37. The molecular weight excluding hydrogens is 1060 g/mol. The van der Waals surface area contributed by atoms with Crippen LogP contribution >= 0.6 is 0 Å². The number of halogens is 3. The molecule has 3 fully saturated rings. The smallest absolute Gasteiger partial charge is 0.378 e. The normalized spacial score (nSPS) is 15.2. The van der Waals surface area contributed by atoms with Crippen LogP contribution < -0.4 is 31.9 Å². The molecule has 7 aromatic heterocycles. The molecule has 0 unspecified atom stereocenters. The zero-order valence-corrected chi connectivity index (χ0v) is 43.6. The largest absolute Gasteiger partial charge is 0.416 e. The van der Waals surface area contributed by atoms with Gasteiger partial charge in [0.1, 0.15) is 0 Å². The van der Waals surface area contributed by atoms with Crippen molar-refractivity contribution in [1.29, 1.82) is 0 Å². The van der Waals surface area contributed by atoms with E-state index in [1.807, 2.05) is 29.3 Å². The molecule has 410 valence electrons. The van der Waals surface area contributed by atoms with Crippen LogP contribution in [-0.2, 0) is 30.2 Å². The van der Waals surface area contributed by atoms with E-state index in [0.29, 0.717) is 134 Å². The maximum atomic E-state index is 12.8. The Hall–Kier alpha value is -9.12. The molecule has 24 nitrogen and oxygen atoms in total. The first kappa shape index (κ1) is 52.9. The number of ether oxygens (including phenoxy) is 3. The van der Waals surface area contributed by atoms with Crippen LogP contribution in [0.1, 0.15) is 5.56 Å². The number of nitrogens with two attached hydrogens (primary N) is 3. The number of hydrogen-bond donors (Lipinski definition) is 4.